The summed E-state index contributed by atoms with van der Waals surface area (Å²) in [5, 5.41) is 18.9. The number of nitrogens with zero attached hydrogens (tertiary/aromatic N) is 1. The van der Waals surface area contributed by atoms with E-state index in [0.717, 1.165) is 30.6 Å². The number of hydrogen-bond donors (Lipinski definition) is 2. The van der Waals surface area contributed by atoms with E-state index in [2.05, 4.69) is 38.2 Å². The van der Waals surface area contributed by atoms with Crippen molar-refractivity contribution in [3.63, 3.8) is 0 Å². The van der Waals surface area contributed by atoms with E-state index < -0.39 is 19.4 Å². The number of ether oxygens (including phenoxy) is 2. The van der Waals surface area contributed by atoms with E-state index in [4.69, 9.17) is 9.47 Å². The molecule has 2 N–H and O–H groups in total. The molecule has 1 amide bonds. The predicted molar refractivity (Wildman–Crippen MR) is 217 cm³/mol. The summed E-state index contributed by atoms with van der Waals surface area (Å²) in [6.07, 6.45) is 44.9. The van der Waals surface area contributed by atoms with Gasteiger partial charge in [-0.2, -0.15) is 0 Å². The van der Waals surface area contributed by atoms with Crippen LogP contribution < -0.4 is 9.47 Å². The van der Waals surface area contributed by atoms with Crippen LogP contribution in [-0.2, 0) is 0 Å². The fourth-order valence-corrected chi connectivity index (χ4v) is 6.29. The second-order valence-corrected chi connectivity index (χ2v) is 14.4. The van der Waals surface area contributed by atoms with Gasteiger partial charge in [-0.3, -0.25) is 9.69 Å². The van der Waals surface area contributed by atoms with E-state index >= 15 is 0 Å². The van der Waals surface area contributed by atoms with E-state index in [0.29, 0.717) is 30.3 Å². The van der Waals surface area contributed by atoms with Crippen LogP contribution in [0.5, 0.6) is 11.5 Å². The van der Waals surface area contributed by atoms with Gasteiger partial charge in [0.2, 0.25) is 0 Å². The SMILES string of the molecule is CCCCCCCC/C=C\CCCCCCCCOc1ccc(C(=O)N(CO)CO)cc1OCCCCCCCC/C=C\CCCCCCCC. The monoisotopic (exact) mass is 714 g/mol. The van der Waals surface area contributed by atoms with Crippen molar-refractivity contribution in [2.75, 3.05) is 26.7 Å². The molecule has 0 heterocycles. The normalized spacial score (nSPS) is 11.6. The Labute approximate surface area is 314 Å². The van der Waals surface area contributed by atoms with E-state index in [1.54, 1.807) is 18.2 Å². The average Bonchev–Trinajstić information content (AvgIpc) is 3.15. The number of aliphatic hydroxyl groups excluding tert-OH is 2. The third-order valence-corrected chi connectivity index (χ3v) is 9.65. The third kappa shape index (κ3) is 27.0. The zero-order chi connectivity index (χ0) is 36.9. The molecule has 0 aromatic heterocycles. The van der Waals surface area contributed by atoms with E-state index in [1.807, 2.05) is 0 Å². The highest BCUT2D eigenvalue weighted by molar-refractivity contribution is 5.94. The van der Waals surface area contributed by atoms with E-state index in [1.165, 1.54) is 154 Å². The van der Waals surface area contributed by atoms with Crippen LogP contribution in [0.1, 0.15) is 204 Å². The van der Waals surface area contributed by atoms with Gasteiger partial charge in [0.05, 0.1) is 13.2 Å². The molecule has 0 fully saturated rings. The third-order valence-electron chi connectivity index (χ3n) is 9.65. The average molecular weight is 714 g/mol. The fraction of sp³-hybridized carbons (Fsp3) is 0.756. The number of amides is 1. The van der Waals surface area contributed by atoms with E-state index in [-0.39, 0.29) is 0 Å². The van der Waals surface area contributed by atoms with Crippen LogP contribution in [0.2, 0.25) is 0 Å². The van der Waals surface area contributed by atoms with Gasteiger partial charge in [0, 0.05) is 5.56 Å². The lowest BCUT2D eigenvalue weighted by atomic mass is 10.1. The standard InChI is InChI=1S/C45H79NO5/c1-3-5-7-9-11-13-15-17-19-21-23-25-27-29-31-33-37-50-43-36-35-42(45(49)46(40-47)41-48)39-44(43)51-38-34-32-30-28-26-24-22-20-18-16-14-12-10-8-6-4-2/h17-20,35-36,39,47-48H,3-16,21-34,37-38,40-41H2,1-2H3/b19-17-,20-18-. The number of hydrogen-bond acceptors (Lipinski definition) is 5. The molecular weight excluding hydrogens is 634 g/mol. The summed E-state index contributed by atoms with van der Waals surface area (Å²) in [4.78, 5) is 13.7. The van der Waals surface area contributed by atoms with Crippen molar-refractivity contribution < 1.29 is 24.5 Å². The Bertz CT molecular complexity index is 973. The lowest BCUT2D eigenvalue weighted by molar-refractivity contribution is 0.0239. The topological polar surface area (TPSA) is 79.2 Å². The predicted octanol–water partition coefficient (Wildman–Crippen LogP) is 12.9. The molecule has 1 rings (SSSR count). The highest BCUT2D eigenvalue weighted by Crippen LogP contribution is 2.30. The Hall–Kier alpha value is -2.31. The molecule has 6 heteroatoms. The summed E-state index contributed by atoms with van der Waals surface area (Å²) < 4.78 is 12.3. The Balaban J connectivity index is 2.27. The summed E-state index contributed by atoms with van der Waals surface area (Å²) in [6, 6.07) is 5.13. The minimum absolute atomic E-state index is 0.360. The van der Waals surface area contributed by atoms with Gasteiger partial charge in [0.15, 0.2) is 11.5 Å². The second kappa shape index (κ2) is 36.1. The van der Waals surface area contributed by atoms with Crippen molar-refractivity contribution in [1.82, 2.24) is 4.90 Å². The Kier molecular flexibility index (Phi) is 33.0. The Morgan fingerprint density at radius 1 is 0.510 bits per heavy atom. The molecule has 51 heavy (non-hydrogen) atoms. The number of rotatable bonds is 37. The second-order valence-electron chi connectivity index (χ2n) is 14.4. The first-order valence-corrected chi connectivity index (χ1v) is 21.4. The van der Waals surface area contributed by atoms with Gasteiger partial charge in [-0.25, -0.2) is 0 Å². The van der Waals surface area contributed by atoms with Crippen LogP contribution in [0.15, 0.2) is 42.5 Å². The van der Waals surface area contributed by atoms with Gasteiger partial charge in [-0.05, 0) is 82.4 Å². The van der Waals surface area contributed by atoms with Crippen molar-refractivity contribution in [3.05, 3.63) is 48.1 Å². The van der Waals surface area contributed by atoms with Crippen LogP contribution in [0.4, 0.5) is 0 Å². The molecule has 0 atom stereocenters. The fourth-order valence-electron chi connectivity index (χ4n) is 6.29. The van der Waals surface area contributed by atoms with Gasteiger partial charge in [-0.15, -0.1) is 0 Å². The molecular formula is C45H79NO5. The Morgan fingerprint density at radius 3 is 1.25 bits per heavy atom. The van der Waals surface area contributed by atoms with Crippen LogP contribution in [0.25, 0.3) is 0 Å². The smallest absolute Gasteiger partial charge is 0.257 e. The molecule has 294 valence electrons. The maximum atomic E-state index is 12.7. The molecule has 6 nitrogen and oxygen atoms in total. The number of aliphatic hydroxyl groups is 2. The van der Waals surface area contributed by atoms with Gasteiger partial charge < -0.3 is 19.7 Å². The number of carbonyl (C=O) groups excluding carboxylic acids is 1. The molecule has 0 bridgehead atoms. The summed E-state index contributed by atoms with van der Waals surface area (Å²) >= 11 is 0. The summed E-state index contributed by atoms with van der Waals surface area (Å²) in [7, 11) is 0. The van der Waals surface area contributed by atoms with Crippen LogP contribution in [-0.4, -0.2) is 47.7 Å². The molecule has 1 aromatic rings. The van der Waals surface area contributed by atoms with Gasteiger partial charge in [-0.1, -0.05) is 154 Å². The molecule has 0 aliphatic carbocycles. The van der Waals surface area contributed by atoms with Crippen molar-refractivity contribution in [3.8, 4) is 11.5 Å². The summed E-state index contributed by atoms with van der Waals surface area (Å²) in [5.74, 6) is 0.749. The molecule has 1 aromatic carbocycles. The minimum atomic E-state index is -0.546. The zero-order valence-electron chi connectivity index (χ0n) is 33.2. The van der Waals surface area contributed by atoms with Crippen LogP contribution in [0, 0.1) is 0 Å². The van der Waals surface area contributed by atoms with Crippen LogP contribution >= 0.6 is 0 Å². The molecule has 0 spiro atoms. The van der Waals surface area contributed by atoms with Crippen molar-refractivity contribution in [1.29, 1.82) is 0 Å². The number of benzene rings is 1. The molecule has 0 saturated carbocycles. The lowest BCUT2D eigenvalue weighted by Crippen LogP contribution is -2.32. The highest BCUT2D eigenvalue weighted by Gasteiger charge is 2.17. The molecule has 0 radical (unpaired) electrons. The highest BCUT2D eigenvalue weighted by atomic mass is 16.5. The van der Waals surface area contributed by atoms with Gasteiger partial charge in [0.1, 0.15) is 13.5 Å². The number of allylic oxidation sites excluding steroid dienone is 4. The van der Waals surface area contributed by atoms with Gasteiger partial charge in [0.25, 0.3) is 5.91 Å². The Morgan fingerprint density at radius 2 is 0.863 bits per heavy atom. The molecule has 0 aliphatic rings. The lowest BCUT2D eigenvalue weighted by Gasteiger charge is -2.18. The first-order chi connectivity index (χ1) is 25.2. The molecule has 0 unspecified atom stereocenters. The van der Waals surface area contributed by atoms with Gasteiger partial charge >= 0.3 is 0 Å². The van der Waals surface area contributed by atoms with Crippen molar-refractivity contribution >= 4 is 5.91 Å². The zero-order valence-corrected chi connectivity index (χ0v) is 33.2. The minimum Gasteiger partial charge on any atom is -0.490 e. The molecule has 0 saturated heterocycles. The maximum Gasteiger partial charge on any atom is 0.257 e. The van der Waals surface area contributed by atoms with Crippen molar-refractivity contribution in [2.45, 2.75) is 194 Å². The van der Waals surface area contributed by atoms with Crippen LogP contribution in [0.3, 0.4) is 0 Å². The largest absolute Gasteiger partial charge is 0.490 e. The first kappa shape index (κ1) is 46.7. The first-order valence-electron chi connectivity index (χ1n) is 21.4. The number of carbonyl (C=O) groups is 1. The summed E-state index contributed by atoms with van der Waals surface area (Å²) in [5.41, 5.74) is 0.360. The quantitative estimate of drug-likeness (QED) is 0.0408. The maximum absolute atomic E-state index is 12.7. The molecule has 0 aliphatic heterocycles. The number of unbranched alkanes of at least 4 members (excludes halogenated alkanes) is 24. The van der Waals surface area contributed by atoms with E-state index in [9.17, 15) is 15.0 Å². The van der Waals surface area contributed by atoms with Crippen molar-refractivity contribution in [2.24, 2.45) is 0 Å². The summed E-state index contributed by atoms with van der Waals surface area (Å²) in [6.45, 7) is 4.62.